The Morgan fingerprint density at radius 1 is 0.963 bits per heavy atom. The zero-order valence-electron chi connectivity index (χ0n) is 16.7. The molecule has 0 unspecified atom stereocenters. The molecular formula is C20H31N3O4. The molecule has 0 saturated carbocycles. The fraction of sp³-hybridized carbons (Fsp3) is 0.550. The van der Waals surface area contributed by atoms with E-state index >= 15 is 0 Å². The third kappa shape index (κ3) is 9.08. The molecule has 27 heavy (non-hydrogen) atoms. The van der Waals surface area contributed by atoms with Crippen molar-refractivity contribution in [1.82, 2.24) is 16.0 Å². The van der Waals surface area contributed by atoms with Gasteiger partial charge in [-0.25, -0.2) is 0 Å². The first-order valence-corrected chi connectivity index (χ1v) is 9.25. The van der Waals surface area contributed by atoms with Crippen LogP contribution in [0.5, 0.6) is 5.75 Å². The maximum Gasteiger partial charge on any atom is 0.251 e. The summed E-state index contributed by atoms with van der Waals surface area (Å²) in [5.74, 6) is 0.338. The molecule has 1 aromatic carbocycles. The monoisotopic (exact) mass is 377 g/mol. The summed E-state index contributed by atoms with van der Waals surface area (Å²) in [5.41, 5.74) is 0.154. The van der Waals surface area contributed by atoms with Gasteiger partial charge in [0.05, 0.1) is 6.54 Å². The van der Waals surface area contributed by atoms with Gasteiger partial charge in [0.25, 0.3) is 5.91 Å². The first-order chi connectivity index (χ1) is 12.8. The number of carbonyl (C=O) groups is 3. The van der Waals surface area contributed by atoms with E-state index in [4.69, 9.17) is 4.74 Å². The van der Waals surface area contributed by atoms with Crippen LogP contribution in [0.3, 0.4) is 0 Å². The molecule has 7 heteroatoms. The highest BCUT2D eigenvalue weighted by atomic mass is 16.5. The second-order valence-corrected chi connectivity index (χ2v) is 7.17. The highest BCUT2D eigenvalue weighted by molar-refractivity contribution is 5.94. The second kappa shape index (κ2) is 11.2. The molecule has 1 rings (SSSR count). The fourth-order valence-corrected chi connectivity index (χ4v) is 2.53. The summed E-state index contributed by atoms with van der Waals surface area (Å²) in [6, 6.07) is 6.78. The predicted molar refractivity (Wildman–Crippen MR) is 105 cm³/mol. The van der Waals surface area contributed by atoms with Gasteiger partial charge in [0.15, 0.2) is 0 Å². The van der Waals surface area contributed by atoms with E-state index in [-0.39, 0.29) is 24.1 Å². The Kier molecular flexibility index (Phi) is 9.33. The standard InChI is InChI=1S/C20H31N3O4/c1-5-10-22-17(24)13-20(2,3)14-18(25)23-11-12-27-16-8-6-15(7-9-16)19(26)21-4/h6-9H,5,10-14H2,1-4H3,(H,21,26)(H,22,24)(H,23,25). The number of nitrogens with one attached hydrogen (secondary N) is 3. The second-order valence-electron chi connectivity index (χ2n) is 7.17. The van der Waals surface area contributed by atoms with E-state index in [1.54, 1.807) is 31.3 Å². The average Bonchev–Trinajstić information content (AvgIpc) is 2.62. The van der Waals surface area contributed by atoms with Crippen LogP contribution in [0.2, 0.25) is 0 Å². The number of hydrogen-bond donors (Lipinski definition) is 3. The number of benzene rings is 1. The van der Waals surface area contributed by atoms with E-state index in [0.717, 1.165) is 6.42 Å². The van der Waals surface area contributed by atoms with Gasteiger partial charge in [0, 0.05) is 32.0 Å². The molecule has 0 aliphatic carbocycles. The molecule has 0 heterocycles. The molecule has 7 nitrogen and oxygen atoms in total. The lowest BCUT2D eigenvalue weighted by molar-refractivity contribution is -0.126. The fourth-order valence-electron chi connectivity index (χ4n) is 2.53. The number of rotatable bonds is 11. The van der Waals surface area contributed by atoms with Crippen LogP contribution in [0.15, 0.2) is 24.3 Å². The van der Waals surface area contributed by atoms with Crippen molar-refractivity contribution in [2.45, 2.75) is 40.0 Å². The molecule has 3 amide bonds. The summed E-state index contributed by atoms with van der Waals surface area (Å²) in [6.07, 6.45) is 1.48. The topological polar surface area (TPSA) is 96.5 Å². The lowest BCUT2D eigenvalue weighted by Crippen LogP contribution is -2.35. The van der Waals surface area contributed by atoms with Gasteiger partial charge in [-0.2, -0.15) is 0 Å². The SMILES string of the molecule is CCCNC(=O)CC(C)(C)CC(=O)NCCOc1ccc(C(=O)NC)cc1. The van der Waals surface area contributed by atoms with Crippen molar-refractivity contribution in [3.05, 3.63) is 29.8 Å². The zero-order valence-corrected chi connectivity index (χ0v) is 16.7. The summed E-state index contributed by atoms with van der Waals surface area (Å²) in [5, 5.41) is 8.19. The van der Waals surface area contributed by atoms with Gasteiger partial charge in [-0.05, 0) is 36.1 Å². The quantitative estimate of drug-likeness (QED) is 0.513. The Balaban J connectivity index is 2.30. The third-order valence-corrected chi connectivity index (χ3v) is 3.89. The van der Waals surface area contributed by atoms with Gasteiger partial charge in [0.1, 0.15) is 12.4 Å². The summed E-state index contributed by atoms with van der Waals surface area (Å²) in [7, 11) is 1.58. The van der Waals surface area contributed by atoms with Crippen LogP contribution in [0.25, 0.3) is 0 Å². The summed E-state index contributed by atoms with van der Waals surface area (Å²) < 4.78 is 5.55. The molecule has 0 aliphatic heterocycles. The van der Waals surface area contributed by atoms with E-state index < -0.39 is 5.41 Å². The lowest BCUT2D eigenvalue weighted by atomic mass is 9.85. The van der Waals surface area contributed by atoms with Crippen LogP contribution in [-0.4, -0.2) is 44.5 Å². The average molecular weight is 377 g/mol. The minimum atomic E-state index is -0.404. The van der Waals surface area contributed by atoms with E-state index in [2.05, 4.69) is 16.0 Å². The minimum absolute atomic E-state index is 0.0295. The summed E-state index contributed by atoms with van der Waals surface area (Å²) >= 11 is 0. The molecule has 0 atom stereocenters. The van der Waals surface area contributed by atoms with Gasteiger partial charge in [-0.15, -0.1) is 0 Å². The molecule has 0 bridgehead atoms. The number of amides is 3. The molecule has 0 fully saturated rings. The van der Waals surface area contributed by atoms with E-state index in [9.17, 15) is 14.4 Å². The Bertz CT molecular complexity index is 627. The zero-order chi connectivity index (χ0) is 20.3. The van der Waals surface area contributed by atoms with Crippen LogP contribution in [0.4, 0.5) is 0 Å². The molecule has 0 aromatic heterocycles. The molecule has 1 aromatic rings. The Morgan fingerprint density at radius 2 is 1.52 bits per heavy atom. The smallest absolute Gasteiger partial charge is 0.251 e. The van der Waals surface area contributed by atoms with Crippen LogP contribution in [0.1, 0.15) is 50.4 Å². The van der Waals surface area contributed by atoms with Gasteiger partial charge >= 0.3 is 0 Å². The number of carbonyl (C=O) groups excluding carboxylic acids is 3. The third-order valence-electron chi connectivity index (χ3n) is 3.89. The first-order valence-electron chi connectivity index (χ1n) is 9.25. The molecule has 150 valence electrons. The van der Waals surface area contributed by atoms with Crippen molar-refractivity contribution in [2.24, 2.45) is 5.41 Å². The molecule has 0 saturated heterocycles. The maximum absolute atomic E-state index is 12.1. The first kappa shape index (κ1) is 22.5. The van der Waals surface area contributed by atoms with Crippen LogP contribution in [0, 0.1) is 5.41 Å². The van der Waals surface area contributed by atoms with Gasteiger partial charge in [0.2, 0.25) is 11.8 Å². The molecule has 0 spiro atoms. The highest BCUT2D eigenvalue weighted by Crippen LogP contribution is 2.24. The van der Waals surface area contributed by atoms with Gasteiger partial charge in [-0.3, -0.25) is 14.4 Å². The van der Waals surface area contributed by atoms with E-state index in [1.807, 2.05) is 20.8 Å². The Labute approximate surface area is 161 Å². The van der Waals surface area contributed by atoms with Crippen LogP contribution < -0.4 is 20.7 Å². The van der Waals surface area contributed by atoms with E-state index in [1.165, 1.54) is 0 Å². The molecule has 0 radical (unpaired) electrons. The van der Waals surface area contributed by atoms with Crippen molar-refractivity contribution in [3.63, 3.8) is 0 Å². The van der Waals surface area contributed by atoms with Gasteiger partial charge in [-0.1, -0.05) is 20.8 Å². The predicted octanol–water partition coefficient (Wildman–Crippen LogP) is 1.87. The van der Waals surface area contributed by atoms with Crippen molar-refractivity contribution in [1.29, 1.82) is 0 Å². The van der Waals surface area contributed by atoms with Crippen LogP contribution >= 0.6 is 0 Å². The largest absolute Gasteiger partial charge is 0.492 e. The van der Waals surface area contributed by atoms with Crippen molar-refractivity contribution in [3.8, 4) is 5.75 Å². The number of ether oxygens (including phenoxy) is 1. The van der Waals surface area contributed by atoms with Gasteiger partial charge < -0.3 is 20.7 Å². The highest BCUT2D eigenvalue weighted by Gasteiger charge is 2.25. The van der Waals surface area contributed by atoms with Crippen molar-refractivity contribution < 1.29 is 19.1 Å². The summed E-state index contributed by atoms with van der Waals surface area (Å²) in [4.78, 5) is 35.4. The van der Waals surface area contributed by atoms with Crippen LogP contribution in [-0.2, 0) is 9.59 Å². The minimum Gasteiger partial charge on any atom is -0.492 e. The molecule has 3 N–H and O–H groups in total. The number of hydrogen-bond acceptors (Lipinski definition) is 4. The lowest BCUT2D eigenvalue weighted by Gasteiger charge is -2.23. The maximum atomic E-state index is 12.1. The Morgan fingerprint density at radius 3 is 2.04 bits per heavy atom. The molecule has 0 aliphatic rings. The Hall–Kier alpha value is -2.57. The molecular weight excluding hydrogens is 346 g/mol. The normalized spacial score (nSPS) is 10.8. The summed E-state index contributed by atoms with van der Waals surface area (Å²) in [6.45, 7) is 7.15. The van der Waals surface area contributed by atoms with Crippen molar-refractivity contribution >= 4 is 17.7 Å². The van der Waals surface area contributed by atoms with Crippen molar-refractivity contribution in [2.75, 3.05) is 26.7 Å². The van der Waals surface area contributed by atoms with E-state index in [0.29, 0.717) is 37.4 Å².